The lowest BCUT2D eigenvalue weighted by molar-refractivity contribution is 0.616. The van der Waals surface area contributed by atoms with Crippen molar-refractivity contribution < 1.29 is 8.78 Å². The number of hydrogen-bond acceptors (Lipinski definition) is 0. The van der Waals surface area contributed by atoms with Crippen molar-refractivity contribution in [2.75, 3.05) is 0 Å². The summed E-state index contributed by atoms with van der Waals surface area (Å²) in [7, 11) is 0. The van der Waals surface area contributed by atoms with Gasteiger partial charge in [0.05, 0.1) is 5.02 Å². The number of benzene rings is 2. The minimum Gasteiger partial charge on any atom is -0.206 e. The zero-order valence-electron chi connectivity index (χ0n) is 8.60. The van der Waals surface area contributed by atoms with Crippen LogP contribution in [0, 0.1) is 18.6 Å². The van der Waals surface area contributed by atoms with Crippen LogP contribution in [0.1, 0.15) is 5.56 Å². The van der Waals surface area contributed by atoms with Gasteiger partial charge in [-0.3, -0.25) is 0 Å². The molecule has 16 heavy (non-hydrogen) atoms. The van der Waals surface area contributed by atoms with Gasteiger partial charge in [-0.25, -0.2) is 8.78 Å². The molecule has 0 radical (unpaired) electrons. The van der Waals surface area contributed by atoms with Crippen molar-refractivity contribution in [3.05, 3.63) is 58.6 Å². The summed E-state index contributed by atoms with van der Waals surface area (Å²) in [6.07, 6.45) is 0. The summed E-state index contributed by atoms with van der Waals surface area (Å²) < 4.78 is 27.3. The van der Waals surface area contributed by atoms with Gasteiger partial charge in [-0.15, -0.1) is 0 Å². The Hall–Kier alpha value is -1.41. The lowest BCUT2D eigenvalue weighted by Gasteiger charge is -2.07. The van der Waals surface area contributed by atoms with Crippen LogP contribution in [0.2, 0.25) is 5.02 Å². The molecule has 0 N–H and O–H groups in total. The molecule has 0 aromatic heterocycles. The average Bonchev–Trinajstić information content (AvgIpc) is 2.26. The van der Waals surface area contributed by atoms with Gasteiger partial charge in [0.15, 0.2) is 0 Å². The zero-order chi connectivity index (χ0) is 11.7. The maximum absolute atomic E-state index is 13.7. The van der Waals surface area contributed by atoms with Crippen LogP contribution in [0.3, 0.4) is 0 Å². The fraction of sp³-hybridized carbons (Fsp3) is 0.0769. The SMILES string of the molecule is Cc1ccc(F)c(-c2cccc(Cl)c2F)c1. The quantitative estimate of drug-likeness (QED) is 0.682. The summed E-state index contributed by atoms with van der Waals surface area (Å²) in [6, 6.07) is 9.12. The average molecular weight is 239 g/mol. The van der Waals surface area contributed by atoms with E-state index in [1.807, 2.05) is 6.92 Å². The summed E-state index contributed by atoms with van der Waals surface area (Å²) >= 11 is 5.66. The van der Waals surface area contributed by atoms with E-state index in [4.69, 9.17) is 11.6 Å². The van der Waals surface area contributed by atoms with Crippen LogP contribution in [0.25, 0.3) is 11.1 Å². The summed E-state index contributed by atoms with van der Waals surface area (Å²) in [4.78, 5) is 0. The molecule has 0 aliphatic carbocycles. The summed E-state index contributed by atoms with van der Waals surface area (Å²) in [5.41, 5.74) is 1.30. The van der Waals surface area contributed by atoms with E-state index in [1.165, 1.54) is 18.2 Å². The van der Waals surface area contributed by atoms with Crippen LogP contribution in [-0.4, -0.2) is 0 Å². The van der Waals surface area contributed by atoms with Crippen LogP contribution < -0.4 is 0 Å². The van der Waals surface area contributed by atoms with Gasteiger partial charge < -0.3 is 0 Å². The van der Waals surface area contributed by atoms with Crippen molar-refractivity contribution >= 4 is 11.6 Å². The van der Waals surface area contributed by atoms with Crippen LogP contribution in [0.15, 0.2) is 36.4 Å². The zero-order valence-corrected chi connectivity index (χ0v) is 9.35. The first-order valence-corrected chi connectivity index (χ1v) is 5.18. The Kier molecular flexibility index (Phi) is 2.92. The molecule has 0 fully saturated rings. The highest BCUT2D eigenvalue weighted by Crippen LogP contribution is 2.29. The van der Waals surface area contributed by atoms with Gasteiger partial charge in [0, 0.05) is 11.1 Å². The number of rotatable bonds is 1. The molecule has 0 aliphatic rings. The van der Waals surface area contributed by atoms with E-state index in [-0.39, 0.29) is 16.1 Å². The molecule has 0 saturated carbocycles. The smallest absolute Gasteiger partial charge is 0.149 e. The van der Waals surface area contributed by atoms with Gasteiger partial charge in [0.25, 0.3) is 0 Å². The molecule has 2 rings (SSSR count). The number of hydrogen-bond donors (Lipinski definition) is 0. The Morgan fingerprint density at radius 3 is 2.50 bits per heavy atom. The van der Waals surface area contributed by atoms with E-state index < -0.39 is 11.6 Å². The first-order valence-electron chi connectivity index (χ1n) is 4.80. The molecule has 0 spiro atoms. The molecule has 0 amide bonds. The second-order valence-electron chi connectivity index (χ2n) is 3.58. The van der Waals surface area contributed by atoms with Gasteiger partial charge in [-0.2, -0.15) is 0 Å². The normalized spacial score (nSPS) is 10.5. The summed E-state index contributed by atoms with van der Waals surface area (Å²) in [5, 5.41) is -0.00148. The maximum atomic E-state index is 13.7. The van der Waals surface area contributed by atoms with E-state index in [2.05, 4.69) is 0 Å². The van der Waals surface area contributed by atoms with Crippen molar-refractivity contribution in [2.24, 2.45) is 0 Å². The first-order chi connectivity index (χ1) is 7.59. The fourth-order valence-corrected chi connectivity index (χ4v) is 1.73. The van der Waals surface area contributed by atoms with Crippen molar-refractivity contribution in [3.63, 3.8) is 0 Å². The molecular weight excluding hydrogens is 230 g/mol. The Morgan fingerprint density at radius 1 is 1.00 bits per heavy atom. The van der Waals surface area contributed by atoms with E-state index in [0.29, 0.717) is 0 Å². The molecule has 3 heteroatoms. The summed E-state index contributed by atoms with van der Waals surface area (Å²) in [6.45, 7) is 1.82. The van der Waals surface area contributed by atoms with E-state index >= 15 is 0 Å². The van der Waals surface area contributed by atoms with Crippen LogP contribution in [0.4, 0.5) is 8.78 Å². The van der Waals surface area contributed by atoms with Crippen LogP contribution >= 0.6 is 11.6 Å². The molecule has 0 heterocycles. The topological polar surface area (TPSA) is 0 Å². The molecule has 0 nitrogen and oxygen atoms in total. The lowest BCUT2D eigenvalue weighted by Crippen LogP contribution is -1.90. The molecule has 0 aliphatic heterocycles. The second-order valence-corrected chi connectivity index (χ2v) is 3.99. The van der Waals surface area contributed by atoms with E-state index in [0.717, 1.165) is 5.56 Å². The highest BCUT2D eigenvalue weighted by molar-refractivity contribution is 6.31. The second kappa shape index (κ2) is 4.22. The molecule has 0 atom stereocenters. The minimum atomic E-state index is -0.589. The Labute approximate surface area is 97.5 Å². The third kappa shape index (κ3) is 1.93. The van der Waals surface area contributed by atoms with Crippen molar-refractivity contribution in [3.8, 4) is 11.1 Å². The Balaban J connectivity index is 2.67. The van der Waals surface area contributed by atoms with E-state index in [1.54, 1.807) is 18.2 Å². The Morgan fingerprint density at radius 2 is 1.75 bits per heavy atom. The van der Waals surface area contributed by atoms with Gasteiger partial charge in [0.2, 0.25) is 0 Å². The molecule has 0 unspecified atom stereocenters. The van der Waals surface area contributed by atoms with Gasteiger partial charge in [-0.05, 0) is 25.1 Å². The first kappa shape index (κ1) is 11.1. The standard InChI is InChI=1S/C13H9ClF2/c1-8-5-6-12(15)10(7-8)9-3-2-4-11(14)13(9)16/h2-7H,1H3. The van der Waals surface area contributed by atoms with E-state index in [9.17, 15) is 8.78 Å². The molecule has 2 aromatic carbocycles. The van der Waals surface area contributed by atoms with Crippen LogP contribution in [0.5, 0.6) is 0 Å². The fourth-order valence-electron chi connectivity index (χ4n) is 1.56. The van der Waals surface area contributed by atoms with Crippen molar-refractivity contribution in [1.82, 2.24) is 0 Å². The molecule has 0 bridgehead atoms. The van der Waals surface area contributed by atoms with Crippen molar-refractivity contribution in [1.29, 1.82) is 0 Å². The van der Waals surface area contributed by atoms with Crippen molar-refractivity contribution in [2.45, 2.75) is 6.92 Å². The monoisotopic (exact) mass is 238 g/mol. The van der Waals surface area contributed by atoms with Gasteiger partial charge in [-0.1, -0.05) is 35.4 Å². The van der Waals surface area contributed by atoms with Gasteiger partial charge in [0.1, 0.15) is 11.6 Å². The van der Waals surface area contributed by atoms with Gasteiger partial charge >= 0.3 is 0 Å². The largest absolute Gasteiger partial charge is 0.206 e. The van der Waals surface area contributed by atoms with Crippen LogP contribution in [-0.2, 0) is 0 Å². The lowest BCUT2D eigenvalue weighted by atomic mass is 10.0. The predicted molar refractivity (Wildman–Crippen MR) is 61.5 cm³/mol. The number of halogens is 3. The minimum absolute atomic E-state index is 0.00148. The third-order valence-electron chi connectivity index (χ3n) is 2.36. The maximum Gasteiger partial charge on any atom is 0.149 e. The molecule has 2 aromatic rings. The molecular formula is C13H9ClF2. The Bertz CT molecular complexity index is 535. The highest BCUT2D eigenvalue weighted by atomic mass is 35.5. The molecule has 82 valence electrons. The number of aryl methyl sites for hydroxylation is 1. The summed E-state index contributed by atoms with van der Waals surface area (Å²) in [5.74, 6) is -1.04. The predicted octanol–water partition coefficient (Wildman–Crippen LogP) is 4.59. The molecule has 0 saturated heterocycles. The third-order valence-corrected chi connectivity index (χ3v) is 2.66. The highest BCUT2D eigenvalue weighted by Gasteiger charge is 2.12.